The molecule has 1 N–H and O–H groups in total. The first-order valence-corrected chi connectivity index (χ1v) is 12.5. The standard InChI is InChI=1S/C26H44N2O3/c1-16-14-20(31-15-21(29)27-24(2,3)4)26(6)12-10-18-17(23(16)26)8-9-19-25(18,5)13-11-22(30)28(19)7/h16-20,23H,8-15H2,1-7H3,(H,27,29)/t16-,17?,18?,19?,20+,23?,25-,26-/m1/s1. The lowest BCUT2D eigenvalue weighted by atomic mass is 9.46. The highest BCUT2D eigenvalue weighted by atomic mass is 16.5. The summed E-state index contributed by atoms with van der Waals surface area (Å²) in [5.41, 5.74) is 0.177. The summed E-state index contributed by atoms with van der Waals surface area (Å²) >= 11 is 0. The number of ether oxygens (including phenoxy) is 1. The number of fused-ring (bicyclic) bond motifs is 5. The van der Waals surface area contributed by atoms with Crippen LogP contribution in [-0.2, 0) is 14.3 Å². The van der Waals surface area contributed by atoms with Gasteiger partial charge in [0.2, 0.25) is 11.8 Å². The minimum absolute atomic E-state index is 0.0104. The Morgan fingerprint density at radius 3 is 2.55 bits per heavy atom. The number of likely N-dealkylation sites (tertiary alicyclic amines) is 1. The average Bonchev–Trinajstić information content (AvgIpc) is 2.92. The molecule has 8 atom stereocenters. The Balaban J connectivity index is 1.50. The molecular weight excluding hydrogens is 388 g/mol. The Morgan fingerprint density at radius 2 is 1.87 bits per heavy atom. The molecular formula is C26H44N2O3. The van der Waals surface area contributed by atoms with Crippen LogP contribution in [0.25, 0.3) is 0 Å². The molecule has 4 aliphatic rings. The molecule has 1 heterocycles. The highest BCUT2D eigenvalue weighted by Crippen LogP contribution is 2.66. The van der Waals surface area contributed by atoms with E-state index in [0.29, 0.717) is 42.0 Å². The summed E-state index contributed by atoms with van der Waals surface area (Å²) in [6.07, 6.45) is 7.75. The third kappa shape index (κ3) is 3.83. The van der Waals surface area contributed by atoms with Crippen LogP contribution in [-0.4, -0.2) is 48.1 Å². The summed E-state index contributed by atoms with van der Waals surface area (Å²) in [6, 6.07) is 0.407. The molecule has 31 heavy (non-hydrogen) atoms. The van der Waals surface area contributed by atoms with Crippen molar-refractivity contribution in [2.45, 2.75) is 104 Å². The van der Waals surface area contributed by atoms with Crippen molar-refractivity contribution in [1.82, 2.24) is 10.2 Å². The normalized spacial score (nSPS) is 45.0. The van der Waals surface area contributed by atoms with Gasteiger partial charge in [0.1, 0.15) is 6.61 Å². The summed E-state index contributed by atoms with van der Waals surface area (Å²) in [5, 5.41) is 3.03. The van der Waals surface area contributed by atoms with Gasteiger partial charge in [-0.05, 0) is 93.8 Å². The van der Waals surface area contributed by atoms with Crippen molar-refractivity contribution in [2.75, 3.05) is 13.7 Å². The number of piperidine rings is 1. The number of carbonyl (C=O) groups is 2. The summed E-state index contributed by atoms with van der Waals surface area (Å²) in [4.78, 5) is 26.8. The molecule has 3 aliphatic carbocycles. The topological polar surface area (TPSA) is 58.6 Å². The van der Waals surface area contributed by atoms with E-state index in [1.165, 1.54) is 19.3 Å². The number of rotatable bonds is 3. The van der Waals surface area contributed by atoms with Crippen molar-refractivity contribution in [3.05, 3.63) is 0 Å². The second-order valence-corrected chi connectivity index (χ2v) is 12.8. The van der Waals surface area contributed by atoms with Crippen LogP contribution in [0, 0.1) is 34.5 Å². The van der Waals surface area contributed by atoms with E-state index in [-0.39, 0.29) is 35.0 Å². The average molecular weight is 433 g/mol. The first-order valence-electron chi connectivity index (χ1n) is 12.5. The maximum absolute atomic E-state index is 12.4. The third-order valence-corrected chi connectivity index (χ3v) is 9.72. The Bertz CT molecular complexity index is 731. The van der Waals surface area contributed by atoms with Crippen LogP contribution in [0.4, 0.5) is 0 Å². The monoisotopic (exact) mass is 432 g/mol. The Kier molecular flexibility index (Phi) is 5.76. The van der Waals surface area contributed by atoms with Gasteiger partial charge < -0.3 is 15.0 Å². The molecule has 0 spiro atoms. The van der Waals surface area contributed by atoms with E-state index in [9.17, 15) is 9.59 Å². The molecule has 4 fully saturated rings. The van der Waals surface area contributed by atoms with Crippen molar-refractivity contribution in [3.63, 3.8) is 0 Å². The number of hydrogen-bond donors (Lipinski definition) is 1. The van der Waals surface area contributed by atoms with E-state index >= 15 is 0 Å². The van der Waals surface area contributed by atoms with E-state index in [0.717, 1.165) is 19.3 Å². The van der Waals surface area contributed by atoms with Crippen molar-refractivity contribution in [3.8, 4) is 0 Å². The van der Waals surface area contributed by atoms with Gasteiger partial charge in [0, 0.05) is 25.0 Å². The largest absolute Gasteiger partial charge is 0.368 e. The van der Waals surface area contributed by atoms with Crippen molar-refractivity contribution in [2.24, 2.45) is 34.5 Å². The van der Waals surface area contributed by atoms with Crippen LogP contribution in [0.15, 0.2) is 0 Å². The fourth-order valence-electron chi connectivity index (χ4n) is 8.52. The van der Waals surface area contributed by atoms with E-state index < -0.39 is 0 Å². The van der Waals surface area contributed by atoms with Crippen LogP contribution < -0.4 is 5.32 Å². The lowest BCUT2D eigenvalue weighted by Crippen LogP contribution is -2.61. The summed E-state index contributed by atoms with van der Waals surface area (Å²) < 4.78 is 6.33. The minimum Gasteiger partial charge on any atom is -0.368 e. The molecule has 5 heteroatoms. The Labute approximate surface area is 189 Å². The SMILES string of the molecule is C[C@@H]1C[C@H](OCC(=O)NC(C)(C)C)[C@@]2(C)CCC3C(CCC4N(C)C(=O)CC[C@]34C)C12. The van der Waals surface area contributed by atoms with Gasteiger partial charge in [-0.15, -0.1) is 0 Å². The van der Waals surface area contributed by atoms with Crippen LogP contribution in [0.5, 0.6) is 0 Å². The molecule has 0 aromatic carbocycles. The number of nitrogens with zero attached hydrogens (tertiary/aromatic N) is 1. The highest BCUT2D eigenvalue weighted by Gasteiger charge is 2.63. The number of nitrogens with one attached hydrogen (secondary N) is 1. The van der Waals surface area contributed by atoms with Gasteiger partial charge in [0.15, 0.2) is 0 Å². The number of carbonyl (C=O) groups excluding carboxylic acids is 2. The summed E-state index contributed by atoms with van der Waals surface area (Å²) in [5.74, 6) is 3.01. The number of hydrogen-bond acceptors (Lipinski definition) is 3. The zero-order chi connectivity index (χ0) is 22.8. The predicted octanol–water partition coefficient (Wildman–Crippen LogP) is 4.40. The lowest BCUT2D eigenvalue weighted by Gasteiger charge is -2.62. The molecule has 4 rings (SSSR count). The van der Waals surface area contributed by atoms with Gasteiger partial charge in [0.25, 0.3) is 0 Å². The van der Waals surface area contributed by atoms with Crippen LogP contribution in [0.3, 0.4) is 0 Å². The molecule has 0 bridgehead atoms. The first kappa shape index (κ1) is 23.1. The molecule has 0 radical (unpaired) electrons. The van der Waals surface area contributed by atoms with E-state index in [1.807, 2.05) is 27.8 Å². The third-order valence-electron chi connectivity index (χ3n) is 9.72. The smallest absolute Gasteiger partial charge is 0.246 e. The highest BCUT2D eigenvalue weighted by molar-refractivity contribution is 5.78. The molecule has 0 aromatic rings. The van der Waals surface area contributed by atoms with Gasteiger partial charge in [-0.3, -0.25) is 9.59 Å². The van der Waals surface area contributed by atoms with Crippen LogP contribution in [0.1, 0.15) is 86.5 Å². The first-order chi connectivity index (χ1) is 14.4. The lowest BCUT2D eigenvalue weighted by molar-refractivity contribution is -0.164. The Morgan fingerprint density at radius 1 is 1.16 bits per heavy atom. The summed E-state index contributed by atoms with van der Waals surface area (Å²) in [6.45, 7) is 13.5. The van der Waals surface area contributed by atoms with Crippen molar-refractivity contribution in [1.29, 1.82) is 0 Å². The molecule has 4 unspecified atom stereocenters. The quantitative estimate of drug-likeness (QED) is 0.719. The second kappa shape index (κ2) is 7.74. The van der Waals surface area contributed by atoms with E-state index in [2.05, 4.69) is 31.0 Å². The van der Waals surface area contributed by atoms with Crippen molar-refractivity contribution >= 4 is 11.8 Å². The van der Waals surface area contributed by atoms with Gasteiger partial charge in [0.05, 0.1) is 6.10 Å². The van der Waals surface area contributed by atoms with Crippen LogP contribution >= 0.6 is 0 Å². The van der Waals surface area contributed by atoms with Gasteiger partial charge in [-0.1, -0.05) is 20.8 Å². The van der Waals surface area contributed by atoms with Crippen molar-refractivity contribution < 1.29 is 14.3 Å². The Hall–Kier alpha value is -1.10. The zero-order valence-electron chi connectivity index (χ0n) is 20.8. The maximum Gasteiger partial charge on any atom is 0.246 e. The van der Waals surface area contributed by atoms with Gasteiger partial charge in [-0.2, -0.15) is 0 Å². The van der Waals surface area contributed by atoms with Gasteiger partial charge in [-0.25, -0.2) is 0 Å². The molecule has 1 saturated heterocycles. The van der Waals surface area contributed by atoms with Crippen LogP contribution in [0.2, 0.25) is 0 Å². The molecule has 176 valence electrons. The fraction of sp³-hybridized carbons (Fsp3) is 0.923. The molecule has 3 saturated carbocycles. The zero-order valence-corrected chi connectivity index (χ0v) is 20.8. The maximum atomic E-state index is 12.4. The van der Waals surface area contributed by atoms with E-state index in [1.54, 1.807) is 0 Å². The summed E-state index contributed by atoms with van der Waals surface area (Å²) in [7, 11) is 2.03. The molecule has 5 nitrogen and oxygen atoms in total. The van der Waals surface area contributed by atoms with E-state index in [4.69, 9.17) is 4.74 Å². The second-order valence-electron chi connectivity index (χ2n) is 12.8. The fourth-order valence-corrected chi connectivity index (χ4v) is 8.52. The number of amides is 2. The van der Waals surface area contributed by atoms with Gasteiger partial charge >= 0.3 is 0 Å². The molecule has 2 amide bonds. The predicted molar refractivity (Wildman–Crippen MR) is 122 cm³/mol. The molecule has 0 aromatic heterocycles. The minimum atomic E-state index is -0.226. The molecule has 1 aliphatic heterocycles.